The molecule has 134 valence electrons. The van der Waals surface area contributed by atoms with Crippen LogP contribution in [0.5, 0.6) is 0 Å². The Hall–Kier alpha value is -3.17. The lowest BCUT2D eigenvalue weighted by atomic mass is 10.1. The number of anilines is 1. The second kappa shape index (κ2) is 7.60. The van der Waals surface area contributed by atoms with Crippen molar-refractivity contribution in [1.29, 1.82) is 5.26 Å². The summed E-state index contributed by atoms with van der Waals surface area (Å²) in [6, 6.07) is 18.5. The smallest absolute Gasteiger partial charge is 0.171 e. The molecule has 0 atom stereocenters. The number of aromatic nitrogens is 2. The lowest BCUT2D eigenvalue weighted by Gasteiger charge is -2.14. The van der Waals surface area contributed by atoms with Crippen molar-refractivity contribution in [1.82, 2.24) is 15.1 Å². The van der Waals surface area contributed by atoms with E-state index in [-0.39, 0.29) is 0 Å². The zero-order chi connectivity index (χ0) is 18.6. The van der Waals surface area contributed by atoms with Gasteiger partial charge in [-0.05, 0) is 53.9 Å². The molecule has 1 aliphatic rings. The van der Waals surface area contributed by atoms with Gasteiger partial charge in [0, 0.05) is 12.2 Å². The number of rotatable bonds is 4. The number of thiocarbonyl (C=S) groups is 1. The Morgan fingerprint density at radius 1 is 1.19 bits per heavy atom. The topological polar surface area (TPSA) is 65.7 Å². The summed E-state index contributed by atoms with van der Waals surface area (Å²) in [7, 11) is 0. The Labute approximate surface area is 163 Å². The highest BCUT2D eigenvalue weighted by molar-refractivity contribution is 7.80. The number of fused-ring (bicyclic) bond motifs is 1. The minimum atomic E-state index is 0.325. The molecule has 0 amide bonds. The van der Waals surface area contributed by atoms with Crippen molar-refractivity contribution in [3.63, 3.8) is 0 Å². The highest BCUT2D eigenvalue weighted by atomic mass is 32.1. The molecule has 1 aliphatic carbocycles. The number of hydrogen-bond acceptors (Lipinski definition) is 3. The van der Waals surface area contributed by atoms with E-state index < -0.39 is 0 Å². The predicted octanol–water partition coefficient (Wildman–Crippen LogP) is 3.26. The Balaban J connectivity index is 1.33. The quantitative estimate of drug-likeness (QED) is 0.687. The first-order chi connectivity index (χ1) is 13.2. The molecule has 0 saturated heterocycles. The van der Waals surface area contributed by atoms with Crippen LogP contribution in [0.3, 0.4) is 0 Å². The summed E-state index contributed by atoms with van der Waals surface area (Å²) in [5.74, 6) is 0. The Bertz CT molecular complexity index is 992. The molecule has 0 fully saturated rings. The molecule has 1 aromatic heterocycles. The average Bonchev–Trinajstić information content (AvgIpc) is 3.27. The van der Waals surface area contributed by atoms with E-state index >= 15 is 0 Å². The van der Waals surface area contributed by atoms with Crippen molar-refractivity contribution in [2.24, 2.45) is 0 Å². The van der Waals surface area contributed by atoms with Gasteiger partial charge >= 0.3 is 0 Å². The molecule has 0 bridgehead atoms. The zero-order valence-corrected chi connectivity index (χ0v) is 15.5. The van der Waals surface area contributed by atoms with E-state index in [2.05, 4.69) is 46.1 Å². The van der Waals surface area contributed by atoms with Crippen LogP contribution in [0.15, 0.2) is 60.9 Å². The highest BCUT2D eigenvalue weighted by Gasteiger charge is 2.21. The van der Waals surface area contributed by atoms with Crippen molar-refractivity contribution in [2.45, 2.75) is 25.4 Å². The minimum Gasteiger partial charge on any atom is -0.359 e. The fourth-order valence-corrected chi connectivity index (χ4v) is 3.74. The van der Waals surface area contributed by atoms with Crippen LogP contribution >= 0.6 is 12.2 Å². The summed E-state index contributed by atoms with van der Waals surface area (Å²) in [4.78, 5) is 0. The van der Waals surface area contributed by atoms with Gasteiger partial charge in [0.15, 0.2) is 5.11 Å². The van der Waals surface area contributed by atoms with Crippen LogP contribution in [0.25, 0.3) is 0 Å². The summed E-state index contributed by atoms with van der Waals surface area (Å²) in [6.45, 7) is 0.606. The minimum absolute atomic E-state index is 0.325. The van der Waals surface area contributed by atoms with Gasteiger partial charge in [-0.2, -0.15) is 10.4 Å². The first-order valence-electron chi connectivity index (χ1n) is 8.85. The van der Waals surface area contributed by atoms with Crippen LogP contribution < -0.4 is 10.6 Å². The van der Waals surface area contributed by atoms with Crippen LogP contribution in [0.1, 0.15) is 22.3 Å². The maximum Gasteiger partial charge on any atom is 0.171 e. The van der Waals surface area contributed by atoms with E-state index in [1.807, 2.05) is 29.1 Å². The molecule has 1 heterocycles. The number of nitrogens with one attached hydrogen (secondary N) is 2. The van der Waals surface area contributed by atoms with Gasteiger partial charge in [-0.15, -0.1) is 0 Å². The van der Waals surface area contributed by atoms with Crippen LogP contribution in [0, 0.1) is 11.3 Å². The number of benzene rings is 2. The summed E-state index contributed by atoms with van der Waals surface area (Å²) in [6.07, 6.45) is 5.65. The summed E-state index contributed by atoms with van der Waals surface area (Å²) in [5, 5.41) is 20.6. The van der Waals surface area contributed by atoms with Gasteiger partial charge in [-0.3, -0.25) is 4.68 Å². The van der Waals surface area contributed by atoms with Crippen LogP contribution in [-0.4, -0.2) is 20.9 Å². The molecule has 4 rings (SSSR count). The van der Waals surface area contributed by atoms with Crippen molar-refractivity contribution >= 4 is 23.0 Å². The molecule has 3 aromatic rings. The van der Waals surface area contributed by atoms with Gasteiger partial charge in [0.25, 0.3) is 0 Å². The zero-order valence-electron chi connectivity index (χ0n) is 14.7. The van der Waals surface area contributed by atoms with Crippen LogP contribution in [0.4, 0.5) is 5.69 Å². The van der Waals surface area contributed by atoms with Gasteiger partial charge < -0.3 is 10.6 Å². The molecule has 2 aromatic carbocycles. The number of nitrogens with zero attached hydrogens (tertiary/aromatic N) is 3. The van der Waals surface area contributed by atoms with Crippen molar-refractivity contribution in [3.05, 3.63) is 83.2 Å². The normalized spacial score (nSPS) is 13.0. The maximum atomic E-state index is 9.00. The lowest BCUT2D eigenvalue weighted by Crippen LogP contribution is -2.38. The maximum absolute atomic E-state index is 9.00. The Kier molecular flexibility index (Phi) is 4.86. The molecule has 6 heteroatoms. The van der Waals surface area contributed by atoms with Crippen LogP contribution in [0.2, 0.25) is 0 Å². The van der Waals surface area contributed by atoms with Crippen molar-refractivity contribution in [3.8, 4) is 6.07 Å². The van der Waals surface area contributed by atoms with E-state index in [4.69, 9.17) is 17.5 Å². The SMILES string of the molecule is N#Cc1cccc(Cn2cc(NC(=S)NC3Cc4ccccc4C3)cn2)c1. The molecule has 5 nitrogen and oxygen atoms in total. The Morgan fingerprint density at radius 3 is 2.70 bits per heavy atom. The molecule has 0 aliphatic heterocycles. The predicted molar refractivity (Wildman–Crippen MR) is 109 cm³/mol. The van der Waals surface area contributed by atoms with E-state index in [9.17, 15) is 0 Å². The molecule has 0 radical (unpaired) electrons. The monoisotopic (exact) mass is 373 g/mol. The summed E-state index contributed by atoms with van der Waals surface area (Å²) < 4.78 is 1.83. The van der Waals surface area contributed by atoms with Crippen molar-refractivity contribution < 1.29 is 0 Å². The summed E-state index contributed by atoms with van der Waals surface area (Å²) >= 11 is 5.46. The van der Waals surface area contributed by atoms with E-state index in [0.29, 0.717) is 23.3 Å². The molecule has 27 heavy (non-hydrogen) atoms. The number of nitriles is 1. The van der Waals surface area contributed by atoms with E-state index in [0.717, 1.165) is 24.1 Å². The third-order valence-corrected chi connectivity index (χ3v) is 4.90. The highest BCUT2D eigenvalue weighted by Crippen LogP contribution is 2.21. The van der Waals surface area contributed by atoms with Crippen LogP contribution in [-0.2, 0) is 19.4 Å². The van der Waals surface area contributed by atoms with E-state index in [1.165, 1.54) is 11.1 Å². The molecular formula is C21H19N5S. The molecule has 2 N–H and O–H groups in total. The molecular weight excluding hydrogens is 354 g/mol. The van der Waals surface area contributed by atoms with E-state index in [1.54, 1.807) is 12.3 Å². The molecule has 0 unspecified atom stereocenters. The van der Waals surface area contributed by atoms with Gasteiger partial charge in [0.2, 0.25) is 0 Å². The van der Waals surface area contributed by atoms with Gasteiger partial charge in [0.1, 0.15) is 0 Å². The second-order valence-corrected chi connectivity index (χ2v) is 7.12. The standard InChI is InChI=1S/C21H19N5S/c22-11-15-4-3-5-16(8-15)13-26-14-20(12-23-26)25-21(27)24-19-9-17-6-1-2-7-18(17)10-19/h1-8,12,14,19H,9-10,13H2,(H2,24,25,27). The second-order valence-electron chi connectivity index (χ2n) is 6.71. The van der Waals surface area contributed by atoms with Crippen molar-refractivity contribution in [2.75, 3.05) is 5.32 Å². The third-order valence-electron chi connectivity index (χ3n) is 4.68. The fraction of sp³-hybridized carbons (Fsp3) is 0.190. The fourth-order valence-electron chi connectivity index (χ4n) is 3.45. The Morgan fingerprint density at radius 2 is 1.96 bits per heavy atom. The van der Waals surface area contributed by atoms with Gasteiger partial charge in [-0.25, -0.2) is 0 Å². The summed E-state index contributed by atoms with van der Waals surface area (Å²) in [5.41, 5.74) is 5.32. The largest absolute Gasteiger partial charge is 0.359 e. The van der Waals surface area contributed by atoms with Gasteiger partial charge in [-0.1, -0.05) is 36.4 Å². The molecule has 0 spiro atoms. The third kappa shape index (κ3) is 4.15. The molecule has 0 saturated carbocycles. The average molecular weight is 373 g/mol. The first kappa shape index (κ1) is 17.3. The lowest BCUT2D eigenvalue weighted by molar-refractivity contribution is 0.648. The number of hydrogen-bond donors (Lipinski definition) is 2. The van der Waals surface area contributed by atoms with Gasteiger partial charge in [0.05, 0.1) is 30.1 Å². The first-order valence-corrected chi connectivity index (χ1v) is 9.26.